The molecule has 1 saturated heterocycles. The lowest BCUT2D eigenvalue weighted by Gasteiger charge is -2.36. The van der Waals surface area contributed by atoms with E-state index in [0.717, 1.165) is 18.9 Å². The molecular weight excluding hydrogens is 216 g/mol. The minimum absolute atomic E-state index is 0.384. The van der Waals surface area contributed by atoms with Crippen molar-refractivity contribution in [1.82, 2.24) is 9.97 Å². The molecule has 1 saturated carbocycles. The third-order valence-corrected chi connectivity index (χ3v) is 4.07. The van der Waals surface area contributed by atoms with Crippen LogP contribution < -0.4 is 15.4 Å². The number of ether oxygens (including phenoxy) is 1. The molecule has 2 heterocycles. The van der Waals surface area contributed by atoms with Crippen molar-refractivity contribution < 1.29 is 4.74 Å². The monoisotopic (exact) mass is 234 g/mol. The first kappa shape index (κ1) is 10.8. The van der Waals surface area contributed by atoms with Crippen LogP contribution in [0.2, 0.25) is 0 Å². The van der Waals surface area contributed by atoms with Gasteiger partial charge in [0.1, 0.15) is 12.1 Å². The minimum Gasteiger partial charge on any atom is -0.481 e. The summed E-state index contributed by atoms with van der Waals surface area (Å²) in [5, 5.41) is 0. The largest absolute Gasteiger partial charge is 0.481 e. The molecule has 1 aromatic rings. The van der Waals surface area contributed by atoms with Gasteiger partial charge >= 0.3 is 0 Å². The second-order valence-electron chi connectivity index (χ2n) is 5.00. The van der Waals surface area contributed by atoms with Gasteiger partial charge in [-0.3, -0.25) is 0 Å². The average Bonchev–Trinajstić information content (AvgIpc) is 2.61. The highest BCUT2D eigenvalue weighted by atomic mass is 16.5. The number of piperidine rings is 1. The van der Waals surface area contributed by atoms with Gasteiger partial charge in [0.25, 0.3) is 0 Å². The van der Waals surface area contributed by atoms with Crippen LogP contribution in [0, 0.1) is 11.8 Å². The fourth-order valence-electron chi connectivity index (χ4n) is 3.07. The van der Waals surface area contributed by atoms with Crippen molar-refractivity contribution in [3.8, 4) is 5.88 Å². The van der Waals surface area contributed by atoms with E-state index in [0.29, 0.717) is 23.8 Å². The van der Waals surface area contributed by atoms with Gasteiger partial charge in [-0.25, -0.2) is 9.97 Å². The van der Waals surface area contributed by atoms with E-state index >= 15 is 0 Å². The molecule has 2 bridgehead atoms. The van der Waals surface area contributed by atoms with Crippen molar-refractivity contribution >= 4 is 5.82 Å². The van der Waals surface area contributed by atoms with Gasteiger partial charge in [0.15, 0.2) is 0 Å². The van der Waals surface area contributed by atoms with Crippen molar-refractivity contribution in [3.63, 3.8) is 0 Å². The van der Waals surface area contributed by atoms with E-state index in [2.05, 4.69) is 14.9 Å². The van der Waals surface area contributed by atoms with E-state index in [9.17, 15) is 0 Å². The standard InChI is InChI=1S/C12H18N4O/c1-17-11-4-10(14-7-15-11)16-5-8-2-3-9(6-16)12(8)13/h4,7-9,12H,2-3,5-6,13H2,1H3/t8-,9-/m1/s1. The van der Waals surface area contributed by atoms with Gasteiger partial charge in [-0.05, 0) is 24.7 Å². The zero-order valence-corrected chi connectivity index (χ0v) is 10.0. The molecule has 17 heavy (non-hydrogen) atoms. The Morgan fingerprint density at radius 1 is 1.29 bits per heavy atom. The Bertz CT molecular complexity index is 397. The van der Waals surface area contributed by atoms with E-state index in [1.807, 2.05) is 6.07 Å². The van der Waals surface area contributed by atoms with Gasteiger partial charge in [-0.15, -0.1) is 0 Å². The van der Waals surface area contributed by atoms with Gasteiger partial charge in [-0.1, -0.05) is 0 Å². The maximum atomic E-state index is 6.20. The Balaban J connectivity index is 1.81. The highest BCUT2D eigenvalue weighted by molar-refractivity contribution is 5.42. The van der Waals surface area contributed by atoms with Crippen molar-refractivity contribution in [2.45, 2.75) is 18.9 Å². The molecule has 5 heteroatoms. The van der Waals surface area contributed by atoms with E-state index in [1.165, 1.54) is 12.8 Å². The Morgan fingerprint density at radius 3 is 2.65 bits per heavy atom. The molecule has 0 amide bonds. The maximum absolute atomic E-state index is 6.20. The molecule has 2 aliphatic rings. The second kappa shape index (κ2) is 4.14. The van der Waals surface area contributed by atoms with Crippen molar-refractivity contribution in [3.05, 3.63) is 12.4 Å². The van der Waals surface area contributed by atoms with E-state index in [1.54, 1.807) is 13.4 Å². The molecule has 0 aromatic carbocycles. The Hall–Kier alpha value is -1.36. The van der Waals surface area contributed by atoms with Crippen LogP contribution in [0.25, 0.3) is 0 Å². The second-order valence-corrected chi connectivity index (χ2v) is 5.00. The van der Waals surface area contributed by atoms with Crippen molar-refractivity contribution in [1.29, 1.82) is 0 Å². The Morgan fingerprint density at radius 2 is 2.00 bits per heavy atom. The highest BCUT2D eigenvalue weighted by Crippen LogP contribution is 2.37. The first-order chi connectivity index (χ1) is 8.28. The first-order valence-electron chi connectivity index (χ1n) is 6.14. The highest BCUT2D eigenvalue weighted by Gasteiger charge is 2.40. The van der Waals surface area contributed by atoms with Gasteiger partial charge in [0.05, 0.1) is 7.11 Å². The summed E-state index contributed by atoms with van der Waals surface area (Å²) < 4.78 is 5.13. The number of nitrogens with two attached hydrogens (primary N) is 1. The zero-order chi connectivity index (χ0) is 11.8. The van der Waals surface area contributed by atoms with Crippen molar-refractivity contribution in [2.75, 3.05) is 25.1 Å². The molecule has 5 nitrogen and oxygen atoms in total. The molecule has 2 atom stereocenters. The third-order valence-electron chi connectivity index (χ3n) is 4.07. The number of methoxy groups -OCH3 is 1. The summed E-state index contributed by atoms with van der Waals surface area (Å²) in [6, 6.07) is 2.28. The third kappa shape index (κ3) is 1.84. The molecule has 3 rings (SSSR count). The lowest BCUT2D eigenvalue weighted by molar-refractivity contribution is 0.353. The van der Waals surface area contributed by atoms with Crippen LogP contribution in [-0.2, 0) is 0 Å². The van der Waals surface area contributed by atoms with Gasteiger partial charge in [0, 0.05) is 25.2 Å². The molecule has 1 aromatic heterocycles. The molecular formula is C12H18N4O. The van der Waals surface area contributed by atoms with Crippen LogP contribution in [0.15, 0.2) is 12.4 Å². The van der Waals surface area contributed by atoms with E-state index in [-0.39, 0.29) is 0 Å². The lowest BCUT2D eigenvalue weighted by Crippen LogP contribution is -2.49. The summed E-state index contributed by atoms with van der Waals surface area (Å²) in [7, 11) is 1.63. The number of anilines is 1. The van der Waals surface area contributed by atoms with Gasteiger partial charge in [0.2, 0.25) is 5.88 Å². The molecule has 0 spiro atoms. The van der Waals surface area contributed by atoms with E-state index in [4.69, 9.17) is 10.5 Å². The van der Waals surface area contributed by atoms with Crippen LogP contribution in [0.3, 0.4) is 0 Å². The van der Waals surface area contributed by atoms with Crippen LogP contribution in [0.5, 0.6) is 5.88 Å². The van der Waals surface area contributed by atoms with Crippen LogP contribution in [-0.4, -0.2) is 36.2 Å². The number of rotatable bonds is 2. The maximum Gasteiger partial charge on any atom is 0.218 e. The summed E-state index contributed by atoms with van der Waals surface area (Å²) in [5.74, 6) is 2.82. The summed E-state index contributed by atoms with van der Waals surface area (Å²) >= 11 is 0. The fourth-order valence-corrected chi connectivity index (χ4v) is 3.07. The smallest absolute Gasteiger partial charge is 0.218 e. The van der Waals surface area contributed by atoms with Crippen molar-refractivity contribution in [2.24, 2.45) is 17.6 Å². The predicted molar refractivity (Wildman–Crippen MR) is 65.0 cm³/mol. The van der Waals surface area contributed by atoms with Gasteiger partial charge in [-0.2, -0.15) is 0 Å². The van der Waals surface area contributed by atoms with Gasteiger partial charge < -0.3 is 15.4 Å². The number of hydrogen-bond donors (Lipinski definition) is 1. The van der Waals surface area contributed by atoms with E-state index < -0.39 is 0 Å². The first-order valence-corrected chi connectivity index (χ1v) is 6.14. The number of fused-ring (bicyclic) bond motifs is 2. The summed E-state index contributed by atoms with van der Waals surface area (Å²) in [6.45, 7) is 2.02. The average molecular weight is 234 g/mol. The molecule has 2 N–H and O–H groups in total. The Labute approximate surface area is 101 Å². The number of hydrogen-bond acceptors (Lipinski definition) is 5. The fraction of sp³-hybridized carbons (Fsp3) is 0.667. The summed E-state index contributed by atoms with van der Waals surface area (Å²) in [4.78, 5) is 10.7. The number of nitrogens with zero attached hydrogens (tertiary/aromatic N) is 3. The molecule has 0 unspecified atom stereocenters. The molecule has 2 fully saturated rings. The quantitative estimate of drug-likeness (QED) is 0.814. The molecule has 92 valence electrons. The normalized spacial score (nSPS) is 31.6. The van der Waals surface area contributed by atoms with Crippen LogP contribution in [0.4, 0.5) is 5.82 Å². The predicted octanol–water partition coefficient (Wildman–Crippen LogP) is 0.659. The minimum atomic E-state index is 0.384. The lowest BCUT2D eigenvalue weighted by atomic mass is 9.93. The van der Waals surface area contributed by atoms with Crippen LogP contribution in [0.1, 0.15) is 12.8 Å². The Kier molecular flexibility index (Phi) is 2.63. The molecule has 1 aliphatic heterocycles. The topological polar surface area (TPSA) is 64.3 Å². The van der Waals surface area contributed by atoms with Crippen LogP contribution >= 0.6 is 0 Å². The number of aromatic nitrogens is 2. The molecule has 1 aliphatic carbocycles. The SMILES string of the molecule is COc1cc(N2C[C@H]3CC[C@H](C2)C3N)ncn1. The zero-order valence-electron chi connectivity index (χ0n) is 10.0. The summed E-state index contributed by atoms with van der Waals surface area (Å²) in [5.41, 5.74) is 6.20. The molecule has 0 radical (unpaired) electrons. The summed E-state index contributed by atoms with van der Waals surface area (Å²) in [6.07, 6.45) is 4.07.